The Morgan fingerprint density at radius 2 is 1.24 bits per heavy atom. The van der Waals surface area contributed by atoms with Crippen molar-refractivity contribution in [2.75, 3.05) is 20.3 Å². The summed E-state index contributed by atoms with van der Waals surface area (Å²) in [7, 11) is 1.30. The SMILES string of the molecule is CO[C@H]1O[C@@H]2CO[C@@H]([C@H](OC(C)=O)[C@@H](OC(C)=O)[C@H](COC(C)=O)OC(C)=O)O[C@H]2[C@H](OC(=O)c2ccccc2)[C@H]1OC(=O)c1ccccc1. The van der Waals surface area contributed by atoms with Gasteiger partial charge in [0.05, 0.1) is 17.7 Å². The first kappa shape index (κ1) is 37.9. The highest BCUT2D eigenvalue weighted by atomic mass is 16.8. The van der Waals surface area contributed by atoms with Crippen LogP contribution in [-0.4, -0.2) is 111 Å². The summed E-state index contributed by atoms with van der Waals surface area (Å²) in [6, 6.07) is 16.0. The zero-order chi connectivity index (χ0) is 36.4. The number of rotatable bonds is 13. The van der Waals surface area contributed by atoms with Crippen LogP contribution in [0, 0.1) is 0 Å². The molecule has 0 unspecified atom stereocenters. The van der Waals surface area contributed by atoms with Gasteiger partial charge < -0.3 is 47.4 Å². The topological polar surface area (TPSA) is 195 Å². The van der Waals surface area contributed by atoms with Crippen molar-refractivity contribution >= 4 is 35.8 Å². The quantitative estimate of drug-likeness (QED) is 0.217. The van der Waals surface area contributed by atoms with Crippen molar-refractivity contribution in [3.8, 4) is 0 Å². The van der Waals surface area contributed by atoms with Crippen LogP contribution in [0.4, 0.5) is 0 Å². The van der Waals surface area contributed by atoms with E-state index in [0.717, 1.165) is 27.7 Å². The molecule has 0 aromatic heterocycles. The fraction of sp³-hybridized carbons (Fsp3) is 0.471. The molecule has 16 heteroatoms. The van der Waals surface area contributed by atoms with Crippen LogP contribution in [0.1, 0.15) is 48.4 Å². The molecule has 0 saturated carbocycles. The Labute approximate surface area is 287 Å². The minimum atomic E-state index is -1.66. The van der Waals surface area contributed by atoms with Gasteiger partial charge in [-0.05, 0) is 24.3 Å². The number of methoxy groups -OCH3 is 1. The lowest BCUT2D eigenvalue weighted by atomic mass is 9.96. The van der Waals surface area contributed by atoms with E-state index < -0.39 is 97.7 Å². The Morgan fingerprint density at radius 3 is 1.74 bits per heavy atom. The summed E-state index contributed by atoms with van der Waals surface area (Å²) in [5.74, 6) is -4.93. The lowest BCUT2D eigenvalue weighted by Gasteiger charge is -2.49. The van der Waals surface area contributed by atoms with Gasteiger partial charge in [0, 0.05) is 34.8 Å². The standard InChI is InChI=1S/C34H38O16/c1-18(35)42-16-24(44-19(2)36)27(45-20(3)37)29(46-21(4)38)34-43-17-25-26(50-34)28(48-31(39)22-12-8-6-9-13-22)30(33(41-5)47-25)49-32(40)23-14-10-7-11-15-23/h6-15,24-30,33-34H,16-17H2,1-5H3/t24-,25+,26+,27-,28-,29+,30+,33-,34+/m0/s1. The molecule has 0 N–H and O–H groups in total. The molecule has 2 aromatic rings. The van der Waals surface area contributed by atoms with Crippen LogP contribution in [0.15, 0.2) is 60.7 Å². The molecular weight excluding hydrogens is 664 g/mol. The highest BCUT2D eigenvalue weighted by Crippen LogP contribution is 2.35. The molecule has 50 heavy (non-hydrogen) atoms. The van der Waals surface area contributed by atoms with Gasteiger partial charge in [0.1, 0.15) is 18.8 Å². The van der Waals surface area contributed by atoms with Crippen molar-refractivity contribution in [3.63, 3.8) is 0 Å². The molecule has 2 aromatic carbocycles. The first-order valence-electron chi connectivity index (χ1n) is 15.5. The molecule has 4 rings (SSSR count). The fourth-order valence-corrected chi connectivity index (χ4v) is 5.34. The van der Waals surface area contributed by atoms with Crippen LogP contribution in [0.3, 0.4) is 0 Å². The van der Waals surface area contributed by atoms with Crippen molar-refractivity contribution < 1.29 is 76.1 Å². The zero-order valence-corrected chi connectivity index (χ0v) is 27.9. The predicted octanol–water partition coefficient (Wildman–Crippen LogP) is 1.91. The number of esters is 6. The molecule has 2 saturated heterocycles. The molecule has 2 fully saturated rings. The van der Waals surface area contributed by atoms with E-state index in [9.17, 15) is 28.8 Å². The van der Waals surface area contributed by atoms with E-state index in [1.165, 1.54) is 31.4 Å². The first-order valence-corrected chi connectivity index (χ1v) is 15.5. The summed E-state index contributed by atoms with van der Waals surface area (Å²) in [6.07, 6.45) is -12.8. The van der Waals surface area contributed by atoms with Gasteiger partial charge in [-0.1, -0.05) is 36.4 Å². The lowest BCUT2D eigenvalue weighted by molar-refractivity contribution is -0.369. The molecule has 2 aliphatic heterocycles. The van der Waals surface area contributed by atoms with Gasteiger partial charge in [-0.15, -0.1) is 0 Å². The number of ether oxygens (including phenoxy) is 10. The highest BCUT2D eigenvalue weighted by molar-refractivity contribution is 5.90. The van der Waals surface area contributed by atoms with Crippen molar-refractivity contribution in [1.82, 2.24) is 0 Å². The molecule has 2 heterocycles. The first-order chi connectivity index (χ1) is 23.9. The zero-order valence-electron chi connectivity index (χ0n) is 27.9. The van der Waals surface area contributed by atoms with Crippen LogP contribution in [0.5, 0.6) is 0 Å². The lowest BCUT2D eigenvalue weighted by Crippen LogP contribution is -2.67. The van der Waals surface area contributed by atoms with Gasteiger partial charge in [-0.3, -0.25) is 19.2 Å². The molecule has 9 atom stereocenters. The average molecular weight is 703 g/mol. The van der Waals surface area contributed by atoms with Gasteiger partial charge in [0.25, 0.3) is 0 Å². The maximum absolute atomic E-state index is 13.4. The van der Waals surface area contributed by atoms with Crippen molar-refractivity contribution in [3.05, 3.63) is 71.8 Å². The Bertz CT molecular complexity index is 1500. The van der Waals surface area contributed by atoms with E-state index in [0.29, 0.717) is 0 Å². The van der Waals surface area contributed by atoms with Crippen LogP contribution in [-0.2, 0) is 66.5 Å². The maximum atomic E-state index is 13.4. The monoisotopic (exact) mass is 702 g/mol. The smallest absolute Gasteiger partial charge is 0.338 e. The van der Waals surface area contributed by atoms with Crippen molar-refractivity contribution in [1.29, 1.82) is 0 Å². The number of carbonyl (C=O) groups is 6. The average Bonchev–Trinajstić information content (AvgIpc) is 3.09. The van der Waals surface area contributed by atoms with Crippen LogP contribution < -0.4 is 0 Å². The molecule has 0 spiro atoms. The molecular formula is C34H38O16. The van der Waals surface area contributed by atoms with Crippen LogP contribution >= 0.6 is 0 Å². The maximum Gasteiger partial charge on any atom is 0.338 e. The minimum absolute atomic E-state index is 0.170. The second-order valence-corrected chi connectivity index (χ2v) is 11.2. The third kappa shape index (κ3) is 10.1. The Balaban J connectivity index is 1.73. The largest absolute Gasteiger partial charge is 0.462 e. The molecule has 0 radical (unpaired) electrons. The number of carbonyl (C=O) groups excluding carboxylic acids is 6. The third-order valence-electron chi connectivity index (χ3n) is 7.38. The van der Waals surface area contributed by atoms with Gasteiger partial charge in [-0.2, -0.15) is 0 Å². The molecule has 0 bridgehead atoms. The normalized spacial score (nSPS) is 24.6. The van der Waals surface area contributed by atoms with E-state index >= 15 is 0 Å². The van der Waals surface area contributed by atoms with E-state index in [1.54, 1.807) is 36.4 Å². The van der Waals surface area contributed by atoms with Gasteiger partial charge in [0.15, 0.2) is 43.1 Å². The fourth-order valence-electron chi connectivity index (χ4n) is 5.34. The predicted molar refractivity (Wildman–Crippen MR) is 165 cm³/mol. The molecule has 16 nitrogen and oxygen atoms in total. The summed E-state index contributed by atoms with van der Waals surface area (Å²) in [5.41, 5.74) is 0.357. The number of hydrogen-bond donors (Lipinski definition) is 0. The van der Waals surface area contributed by atoms with Crippen LogP contribution in [0.2, 0.25) is 0 Å². The highest BCUT2D eigenvalue weighted by Gasteiger charge is 2.56. The third-order valence-corrected chi connectivity index (χ3v) is 7.38. The van der Waals surface area contributed by atoms with Gasteiger partial charge >= 0.3 is 35.8 Å². The van der Waals surface area contributed by atoms with Crippen molar-refractivity contribution in [2.24, 2.45) is 0 Å². The van der Waals surface area contributed by atoms with E-state index in [1.807, 2.05) is 0 Å². The van der Waals surface area contributed by atoms with E-state index in [-0.39, 0.29) is 17.7 Å². The number of hydrogen-bond acceptors (Lipinski definition) is 16. The Morgan fingerprint density at radius 1 is 0.700 bits per heavy atom. The van der Waals surface area contributed by atoms with E-state index in [4.69, 9.17) is 47.4 Å². The number of fused-ring (bicyclic) bond motifs is 1. The Kier molecular flexibility index (Phi) is 13.4. The molecule has 0 aliphatic carbocycles. The van der Waals surface area contributed by atoms with E-state index in [2.05, 4.69) is 0 Å². The number of benzene rings is 2. The van der Waals surface area contributed by atoms with Crippen molar-refractivity contribution in [2.45, 2.75) is 83.0 Å². The van der Waals surface area contributed by atoms with Crippen LogP contribution in [0.25, 0.3) is 0 Å². The minimum Gasteiger partial charge on any atom is -0.462 e. The summed E-state index contributed by atoms with van der Waals surface area (Å²) < 4.78 is 56.8. The summed E-state index contributed by atoms with van der Waals surface area (Å²) >= 11 is 0. The second kappa shape index (κ2) is 17.7. The van der Waals surface area contributed by atoms with Gasteiger partial charge in [-0.25, -0.2) is 9.59 Å². The Hall–Kier alpha value is -4.90. The molecule has 270 valence electrons. The second-order valence-electron chi connectivity index (χ2n) is 11.2. The summed E-state index contributed by atoms with van der Waals surface area (Å²) in [4.78, 5) is 75.1. The summed E-state index contributed by atoms with van der Waals surface area (Å²) in [5, 5.41) is 0. The molecule has 2 aliphatic rings. The summed E-state index contributed by atoms with van der Waals surface area (Å²) in [6.45, 7) is 3.40. The molecule has 0 amide bonds. The van der Waals surface area contributed by atoms with Gasteiger partial charge in [0.2, 0.25) is 0 Å².